The Hall–Kier alpha value is -2.27. The van der Waals surface area contributed by atoms with E-state index in [0.717, 1.165) is 77.8 Å². The van der Waals surface area contributed by atoms with Crippen LogP contribution in [-0.2, 0) is 4.74 Å². The van der Waals surface area contributed by atoms with Gasteiger partial charge in [0, 0.05) is 58.4 Å². The van der Waals surface area contributed by atoms with Crippen LogP contribution in [0.3, 0.4) is 0 Å². The molecule has 266 valence electrons. The van der Waals surface area contributed by atoms with Crippen molar-refractivity contribution < 1.29 is 19.1 Å². The number of likely N-dealkylation sites (tertiary alicyclic amines) is 2. The Morgan fingerprint density at radius 2 is 1.04 bits per heavy atom. The number of hydrogen-bond acceptors (Lipinski definition) is 6. The van der Waals surface area contributed by atoms with Gasteiger partial charge in [-0.1, -0.05) is 25.7 Å². The molecule has 2 aliphatic carbocycles. The molecule has 11 nitrogen and oxygen atoms in total. The molecule has 0 aromatic rings. The van der Waals surface area contributed by atoms with Crippen LogP contribution in [0, 0.1) is 0 Å². The van der Waals surface area contributed by atoms with Crippen molar-refractivity contribution in [2.24, 2.45) is 0 Å². The van der Waals surface area contributed by atoms with Crippen molar-refractivity contribution in [3.8, 4) is 0 Å². The van der Waals surface area contributed by atoms with Crippen molar-refractivity contribution in [1.29, 1.82) is 0 Å². The zero-order valence-corrected chi connectivity index (χ0v) is 30.0. The highest BCUT2D eigenvalue weighted by Gasteiger charge is 2.49. The van der Waals surface area contributed by atoms with Gasteiger partial charge in [0.25, 0.3) is 0 Å². The third-order valence-electron chi connectivity index (χ3n) is 12.4. The number of urea groups is 2. The number of carbonyl (C=O) groups is 3. The molecule has 5 amide bonds. The SMILES string of the molecule is CN1C(=O)N(C2CCN(C3CCN(C(=O)OC(C)(C)C)CC3)CC2)[C@H]2CCCC[C@@H]21.CN1C(=O)N(C2CCNCC2)[C@H]2CCCC[C@@H]21. The van der Waals surface area contributed by atoms with E-state index >= 15 is 0 Å². The predicted octanol–water partition coefficient (Wildman–Crippen LogP) is 4.95. The summed E-state index contributed by atoms with van der Waals surface area (Å²) >= 11 is 0. The van der Waals surface area contributed by atoms with Gasteiger partial charge < -0.3 is 39.5 Å². The molecule has 47 heavy (non-hydrogen) atoms. The predicted molar refractivity (Wildman–Crippen MR) is 183 cm³/mol. The van der Waals surface area contributed by atoms with Crippen LogP contribution in [0.15, 0.2) is 0 Å². The molecule has 0 radical (unpaired) electrons. The normalized spacial score (nSPS) is 31.9. The smallest absolute Gasteiger partial charge is 0.410 e. The first-order valence-corrected chi connectivity index (χ1v) is 19.1. The fraction of sp³-hybridized carbons (Fsp3) is 0.917. The topological polar surface area (TPSA) is 91.9 Å². The molecular formula is C36H63N7O4. The lowest BCUT2D eigenvalue weighted by Crippen LogP contribution is -2.54. The number of nitrogens with one attached hydrogen (secondary N) is 1. The molecule has 4 atom stereocenters. The van der Waals surface area contributed by atoms with Gasteiger partial charge in [0.05, 0.1) is 24.2 Å². The van der Waals surface area contributed by atoms with Crippen molar-refractivity contribution in [3.05, 3.63) is 0 Å². The maximum Gasteiger partial charge on any atom is 0.410 e. The Bertz CT molecular complexity index is 1090. The van der Waals surface area contributed by atoms with E-state index in [1.807, 2.05) is 49.6 Å². The van der Waals surface area contributed by atoms with Crippen LogP contribution in [0.5, 0.6) is 0 Å². The molecule has 0 spiro atoms. The monoisotopic (exact) mass is 657 g/mol. The number of carbonyl (C=O) groups excluding carboxylic acids is 3. The Morgan fingerprint density at radius 1 is 0.617 bits per heavy atom. The molecular weight excluding hydrogens is 594 g/mol. The highest BCUT2D eigenvalue weighted by atomic mass is 16.6. The second-order valence-corrected chi connectivity index (χ2v) is 16.4. The van der Waals surface area contributed by atoms with E-state index in [0.29, 0.717) is 42.3 Å². The minimum atomic E-state index is -0.436. The summed E-state index contributed by atoms with van der Waals surface area (Å²) in [6, 6.07) is 3.83. The summed E-state index contributed by atoms with van der Waals surface area (Å²) in [6.07, 6.45) is 16.1. The van der Waals surface area contributed by atoms with Crippen molar-refractivity contribution in [2.75, 3.05) is 53.4 Å². The molecule has 5 heterocycles. The van der Waals surface area contributed by atoms with E-state index in [9.17, 15) is 14.4 Å². The lowest BCUT2D eigenvalue weighted by atomic mass is 9.88. The first kappa shape index (κ1) is 34.6. The molecule has 1 N–H and O–H groups in total. The van der Waals surface area contributed by atoms with Crippen molar-refractivity contribution in [2.45, 2.75) is 159 Å². The highest BCUT2D eigenvalue weighted by molar-refractivity contribution is 5.78. The minimum Gasteiger partial charge on any atom is -0.444 e. The Labute approximate surface area is 283 Å². The summed E-state index contributed by atoms with van der Waals surface area (Å²) < 4.78 is 5.52. The van der Waals surface area contributed by atoms with Crippen LogP contribution in [0.25, 0.3) is 0 Å². The summed E-state index contributed by atoms with van der Waals surface area (Å²) in [5, 5.41) is 3.38. The lowest BCUT2D eigenvalue weighted by molar-refractivity contribution is 0.0104. The van der Waals surface area contributed by atoms with Gasteiger partial charge in [0.15, 0.2) is 0 Å². The molecule has 5 aliphatic heterocycles. The first-order chi connectivity index (χ1) is 22.5. The maximum absolute atomic E-state index is 12.9. The average molecular weight is 658 g/mol. The number of nitrogens with zero attached hydrogens (tertiary/aromatic N) is 6. The third kappa shape index (κ3) is 7.51. The Kier molecular flexibility index (Phi) is 10.8. The largest absolute Gasteiger partial charge is 0.444 e. The van der Waals surface area contributed by atoms with E-state index in [2.05, 4.69) is 20.0 Å². The van der Waals surface area contributed by atoms with Crippen molar-refractivity contribution >= 4 is 18.2 Å². The van der Waals surface area contributed by atoms with Gasteiger partial charge in [-0.15, -0.1) is 0 Å². The lowest BCUT2D eigenvalue weighted by Gasteiger charge is -2.44. The molecule has 2 saturated carbocycles. The molecule has 0 bridgehead atoms. The third-order valence-corrected chi connectivity index (χ3v) is 12.4. The number of piperidine rings is 3. The van der Waals surface area contributed by atoms with Gasteiger partial charge in [-0.25, -0.2) is 14.4 Å². The number of fused-ring (bicyclic) bond motifs is 2. The van der Waals surface area contributed by atoms with E-state index in [1.54, 1.807) is 0 Å². The summed E-state index contributed by atoms with van der Waals surface area (Å²) in [7, 11) is 3.99. The van der Waals surface area contributed by atoms with Crippen LogP contribution >= 0.6 is 0 Å². The first-order valence-electron chi connectivity index (χ1n) is 19.1. The zero-order chi connectivity index (χ0) is 33.3. The Balaban J connectivity index is 0.000000191. The van der Waals surface area contributed by atoms with E-state index in [4.69, 9.17) is 4.74 Å². The second kappa shape index (κ2) is 14.7. The summed E-state index contributed by atoms with van der Waals surface area (Å²) in [4.78, 5) is 50.6. The van der Waals surface area contributed by atoms with Gasteiger partial charge in [-0.05, 0) is 98.1 Å². The minimum absolute atomic E-state index is 0.182. The maximum atomic E-state index is 12.9. The molecule has 7 rings (SSSR count). The number of likely N-dealkylation sites (N-methyl/N-ethyl adjacent to an activating group) is 2. The zero-order valence-electron chi connectivity index (χ0n) is 30.0. The van der Waals surface area contributed by atoms with Gasteiger partial charge in [-0.2, -0.15) is 0 Å². The van der Waals surface area contributed by atoms with Crippen molar-refractivity contribution in [1.82, 2.24) is 34.7 Å². The fourth-order valence-electron chi connectivity index (χ4n) is 9.88. The van der Waals surface area contributed by atoms with Gasteiger partial charge in [-0.3, -0.25) is 0 Å². The van der Waals surface area contributed by atoms with Crippen LogP contribution in [0.2, 0.25) is 0 Å². The average Bonchev–Trinajstić information content (AvgIpc) is 3.49. The van der Waals surface area contributed by atoms with Crippen LogP contribution in [0.4, 0.5) is 14.4 Å². The van der Waals surface area contributed by atoms with E-state index in [1.165, 1.54) is 51.4 Å². The molecule has 7 fully saturated rings. The molecule has 0 aromatic heterocycles. The fourth-order valence-corrected chi connectivity index (χ4v) is 9.88. The molecule has 11 heteroatoms. The summed E-state index contributed by atoms with van der Waals surface area (Å²) in [5.41, 5.74) is -0.436. The van der Waals surface area contributed by atoms with E-state index < -0.39 is 5.60 Å². The Morgan fingerprint density at radius 3 is 1.51 bits per heavy atom. The number of hydrogen-bond donors (Lipinski definition) is 1. The standard InChI is InChI=1S/C23H40N4O3.C13H23N3O/c1-23(2,3)30-22(29)26-15-9-17(10-16-26)25-13-11-18(12-14-25)27-20-8-6-5-7-19(20)24(4)21(27)28;1-15-11-4-2-3-5-12(11)16(13(15)17)10-6-8-14-9-7-10/h17-20H,5-16H2,1-4H3;10-12,14H,2-9H2,1H3/t19-,20-;11-,12-/m00/s1. The highest BCUT2D eigenvalue weighted by Crippen LogP contribution is 2.38. The summed E-state index contributed by atoms with van der Waals surface area (Å²) in [6.45, 7) is 11.6. The molecule has 7 aliphatic rings. The number of amides is 5. The number of ether oxygens (including phenoxy) is 1. The van der Waals surface area contributed by atoms with Gasteiger partial charge >= 0.3 is 18.2 Å². The van der Waals surface area contributed by atoms with E-state index in [-0.39, 0.29) is 18.2 Å². The quantitative estimate of drug-likeness (QED) is 0.462. The van der Waals surface area contributed by atoms with Crippen molar-refractivity contribution in [3.63, 3.8) is 0 Å². The van der Waals surface area contributed by atoms with Crippen LogP contribution in [0.1, 0.15) is 111 Å². The summed E-state index contributed by atoms with van der Waals surface area (Å²) in [5.74, 6) is 0. The molecule has 0 aromatic carbocycles. The number of rotatable bonds is 3. The van der Waals surface area contributed by atoms with Gasteiger partial charge in [0.1, 0.15) is 5.60 Å². The van der Waals surface area contributed by atoms with Crippen LogP contribution in [-0.4, -0.2) is 149 Å². The molecule has 5 saturated heterocycles. The second-order valence-electron chi connectivity index (χ2n) is 16.4. The van der Waals surface area contributed by atoms with Gasteiger partial charge in [0.2, 0.25) is 0 Å². The molecule has 0 unspecified atom stereocenters. The van der Waals surface area contributed by atoms with Crippen LogP contribution < -0.4 is 5.32 Å².